The summed E-state index contributed by atoms with van der Waals surface area (Å²) >= 11 is 0. The Labute approximate surface area is 135 Å². The molecular formula is C17H18FNO3S. The summed E-state index contributed by atoms with van der Waals surface area (Å²) in [6.07, 6.45) is 0. The molecule has 0 fully saturated rings. The van der Waals surface area contributed by atoms with E-state index < -0.39 is 27.3 Å². The molecule has 0 unspecified atom stereocenters. The number of aryl methyl sites for hydroxylation is 2. The predicted molar refractivity (Wildman–Crippen MR) is 88.4 cm³/mol. The number of hydrogen-bond acceptors (Lipinski definition) is 3. The molecule has 0 saturated carbocycles. The van der Waals surface area contributed by atoms with Crippen molar-refractivity contribution in [2.45, 2.75) is 19.6 Å². The van der Waals surface area contributed by atoms with Gasteiger partial charge in [0.05, 0.1) is 11.4 Å². The first kappa shape index (κ1) is 17.1. The highest BCUT2D eigenvalue weighted by atomic mass is 32.2. The summed E-state index contributed by atoms with van der Waals surface area (Å²) in [5.41, 5.74) is 2.54. The normalized spacial score (nSPS) is 11.3. The Morgan fingerprint density at radius 2 is 1.70 bits per heavy atom. The molecule has 0 atom stereocenters. The molecule has 0 spiro atoms. The first-order valence-electron chi connectivity index (χ1n) is 7.07. The van der Waals surface area contributed by atoms with E-state index in [1.165, 1.54) is 18.2 Å². The van der Waals surface area contributed by atoms with Gasteiger partial charge in [-0.3, -0.25) is 4.79 Å². The van der Waals surface area contributed by atoms with Crippen LogP contribution >= 0.6 is 0 Å². The second kappa shape index (κ2) is 6.91. The lowest BCUT2D eigenvalue weighted by Gasteiger charge is -2.08. The van der Waals surface area contributed by atoms with Crippen LogP contribution in [0.2, 0.25) is 0 Å². The van der Waals surface area contributed by atoms with Crippen molar-refractivity contribution >= 4 is 21.4 Å². The summed E-state index contributed by atoms with van der Waals surface area (Å²) in [7, 11) is -3.63. The van der Waals surface area contributed by atoms with Crippen molar-refractivity contribution in [3.05, 3.63) is 65.0 Å². The second-order valence-electron chi connectivity index (χ2n) is 5.56. The number of rotatable bonds is 5. The number of halogens is 1. The Hall–Kier alpha value is -2.21. The van der Waals surface area contributed by atoms with Crippen molar-refractivity contribution in [2.75, 3.05) is 11.1 Å². The maximum Gasteiger partial charge on any atom is 0.239 e. The third kappa shape index (κ3) is 5.17. The summed E-state index contributed by atoms with van der Waals surface area (Å²) in [5, 5.41) is 2.28. The van der Waals surface area contributed by atoms with Crippen molar-refractivity contribution in [2.24, 2.45) is 0 Å². The Bertz CT molecular complexity index is 811. The molecular weight excluding hydrogens is 317 g/mol. The fourth-order valence-electron chi connectivity index (χ4n) is 2.41. The molecule has 0 radical (unpaired) electrons. The van der Waals surface area contributed by atoms with Gasteiger partial charge in [0.15, 0.2) is 9.84 Å². The average Bonchev–Trinajstić information content (AvgIpc) is 2.38. The molecule has 0 saturated heterocycles. The van der Waals surface area contributed by atoms with Crippen molar-refractivity contribution < 1.29 is 17.6 Å². The monoisotopic (exact) mass is 335 g/mol. The third-order valence-corrected chi connectivity index (χ3v) is 4.64. The number of carbonyl (C=O) groups is 1. The number of amides is 1. The summed E-state index contributed by atoms with van der Waals surface area (Å²) < 4.78 is 37.8. The molecule has 2 aromatic carbocycles. The summed E-state index contributed by atoms with van der Waals surface area (Å²) in [6, 6.07) is 11.1. The number of sulfone groups is 1. The van der Waals surface area contributed by atoms with Gasteiger partial charge in [0, 0.05) is 0 Å². The van der Waals surface area contributed by atoms with Crippen LogP contribution in [0.1, 0.15) is 16.7 Å². The minimum absolute atomic E-state index is 0.0286. The number of nitrogens with one attached hydrogen (secondary N) is 1. The number of carbonyl (C=O) groups excluding carboxylic acids is 1. The fraction of sp³-hybridized carbons (Fsp3) is 0.235. The van der Waals surface area contributed by atoms with E-state index >= 15 is 0 Å². The molecule has 6 heteroatoms. The summed E-state index contributed by atoms with van der Waals surface area (Å²) in [5.74, 6) is -2.26. The van der Waals surface area contributed by atoms with E-state index in [-0.39, 0.29) is 11.4 Å². The highest BCUT2D eigenvalue weighted by Gasteiger charge is 2.18. The van der Waals surface area contributed by atoms with Crippen LogP contribution < -0.4 is 5.32 Å². The van der Waals surface area contributed by atoms with E-state index in [0.717, 1.165) is 11.1 Å². The van der Waals surface area contributed by atoms with E-state index in [0.29, 0.717) is 5.56 Å². The van der Waals surface area contributed by atoms with Crippen LogP contribution in [-0.2, 0) is 20.4 Å². The van der Waals surface area contributed by atoms with Crippen LogP contribution in [0, 0.1) is 19.7 Å². The Kier molecular flexibility index (Phi) is 5.15. The molecule has 1 amide bonds. The standard InChI is InChI=1S/C17H18FNO3S/c1-12-7-13(2)9-14(8-12)10-23(21,22)11-17(20)19-16-6-4-3-5-15(16)18/h3-9H,10-11H2,1-2H3,(H,19,20). The van der Waals surface area contributed by atoms with Gasteiger partial charge in [0.1, 0.15) is 11.6 Å². The zero-order valence-electron chi connectivity index (χ0n) is 13.0. The highest BCUT2D eigenvalue weighted by Crippen LogP contribution is 2.15. The van der Waals surface area contributed by atoms with Crippen molar-refractivity contribution in [1.82, 2.24) is 0 Å². The minimum Gasteiger partial charge on any atom is -0.323 e. The SMILES string of the molecule is Cc1cc(C)cc(CS(=O)(=O)CC(=O)Nc2ccccc2F)c1. The van der Waals surface area contributed by atoms with Gasteiger partial charge in [0.2, 0.25) is 5.91 Å². The molecule has 2 aromatic rings. The van der Waals surface area contributed by atoms with Gasteiger partial charge in [-0.2, -0.15) is 0 Å². The van der Waals surface area contributed by atoms with Crippen molar-refractivity contribution in [3.8, 4) is 0 Å². The molecule has 4 nitrogen and oxygen atoms in total. The summed E-state index contributed by atoms with van der Waals surface area (Å²) in [6.45, 7) is 3.77. The van der Waals surface area contributed by atoms with Crippen molar-refractivity contribution in [3.63, 3.8) is 0 Å². The molecule has 1 N–H and O–H groups in total. The van der Waals surface area contributed by atoms with Crippen LogP contribution in [0.25, 0.3) is 0 Å². The van der Waals surface area contributed by atoms with Crippen LogP contribution in [0.4, 0.5) is 10.1 Å². The van der Waals surface area contributed by atoms with E-state index in [4.69, 9.17) is 0 Å². The van der Waals surface area contributed by atoms with Crippen LogP contribution in [-0.4, -0.2) is 20.1 Å². The maximum absolute atomic E-state index is 13.5. The molecule has 2 rings (SSSR count). The van der Waals surface area contributed by atoms with Gasteiger partial charge in [-0.25, -0.2) is 12.8 Å². The molecule has 0 bridgehead atoms. The Morgan fingerprint density at radius 1 is 1.09 bits per heavy atom. The van der Waals surface area contributed by atoms with Gasteiger partial charge >= 0.3 is 0 Å². The number of hydrogen-bond donors (Lipinski definition) is 1. The van der Waals surface area contributed by atoms with Crippen LogP contribution in [0.15, 0.2) is 42.5 Å². The van der Waals surface area contributed by atoms with Crippen LogP contribution in [0.3, 0.4) is 0 Å². The molecule has 0 aliphatic carbocycles. The van der Waals surface area contributed by atoms with E-state index in [9.17, 15) is 17.6 Å². The number of anilines is 1. The Morgan fingerprint density at radius 3 is 2.30 bits per heavy atom. The minimum atomic E-state index is -3.63. The lowest BCUT2D eigenvalue weighted by molar-refractivity contribution is -0.113. The topological polar surface area (TPSA) is 63.2 Å². The molecule has 0 aromatic heterocycles. The summed E-state index contributed by atoms with van der Waals surface area (Å²) in [4.78, 5) is 11.8. The van der Waals surface area contributed by atoms with E-state index in [1.54, 1.807) is 18.2 Å². The predicted octanol–water partition coefficient (Wildman–Crippen LogP) is 3.00. The largest absolute Gasteiger partial charge is 0.323 e. The number of benzene rings is 2. The fourth-order valence-corrected chi connectivity index (χ4v) is 3.65. The first-order valence-corrected chi connectivity index (χ1v) is 8.89. The lowest BCUT2D eigenvalue weighted by Crippen LogP contribution is -2.24. The zero-order chi connectivity index (χ0) is 17.0. The maximum atomic E-state index is 13.5. The smallest absolute Gasteiger partial charge is 0.239 e. The molecule has 0 aliphatic heterocycles. The van der Waals surface area contributed by atoms with Gasteiger partial charge < -0.3 is 5.32 Å². The molecule has 0 heterocycles. The quantitative estimate of drug-likeness (QED) is 0.913. The second-order valence-corrected chi connectivity index (χ2v) is 7.62. The van der Waals surface area contributed by atoms with Gasteiger partial charge in [-0.1, -0.05) is 41.5 Å². The van der Waals surface area contributed by atoms with E-state index in [2.05, 4.69) is 5.32 Å². The Balaban J connectivity index is 2.06. The zero-order valence-corrected chi connectivity index (χ0v) is 13.8. The highest BCUT2D eigenvalue weighted by molar-refractivity contribution is 7.91. The number of para-hydroxylation sites is 1. The lowest BCUT2D eigenvalue weighted by atomic mass is 10.1. The van der Waals surface area contributed by atoms with Crippen molar-refractivity contribution in [1.29, 1.82) is 0 Å². The van der Waals surface area contributed by atoms with E-state index in [1.807, 2.05) is 19.9 Å². The third-order valence-electron chi connectivity index (χ3n) is 3.17. The van der Waals surface area contributed by atoms with Gasteiger partial charge in [0.25, 0.3) is 0 Å². The molecule has 0 aliphatic rings. The van der Waals surface area contributed by atoms with Crippen LogP contribution in [0.5, 0.6) is 0 Å². The average molecular weight is 335 g/mol. The molecule has 23 heavy (non-hydrogen) atoms. The first-order chi connectivity index (χ1) is 10.7. The molecule has 122 valence electrons. The van der Waals surface area contributed by atoms with Gasteiger partial charge in [-0.15, -0.1) is 0 Å². The van der Waals surface area contributed by atoms with Gasteiger partial charge in [-0.05, 0) is 31.5 Å².